The van der Waals surface area contributed by atoms with Gasteiger partial charge in [0.15, 0.2) is 0 Å². The van der Waals surface area contributed by atoms with Crippen molar-refractivity contribution in [3.63, 3.8) is 0 Å². The molecule has 8 heteroatoms. The molecule has 0 bridgehead atoms. The molecule has 0 aromatic carbocycles. The topological polar surface area (TPSA) is 149 Å². The third-order valence-electron chi connectivity index (χ3n) is 1.75. The van der Waals surface area contributed by atoms with Gasteiger partial charge in [0.05, 0.1) is 12.0 Å². The van der Waals surface area contributed by atoms with Crippen molar-refractivity contribution >= 4 is 23.9 Å². The predicted molar refractivity (Wildman–Crippen MR) is 55.9 cm³/mol. The first-order valence-electron chi connectivity index (χ1n) is 4.54. The average Bonchev–Trinajstić information content (AvgIpc) is 2.20. The van der Waals surface area contributed by atoms with E-state index in [4.69, 9.17) is 20.4 Å². The van der Waals surface area contributed by atoms with Gasteiger partial charge in [-0.1, -0.05) is 12.2 Å². The van der Waals surface area contributed by atoms with E-state index in [1.165, 1.54) is 0 Å². The minimum absolute atomic E-state index is 0.256. The Balaban J connectivity index is 5.24. The Morgan fingerprint density at radius 1 is 1.00 bits per heavy atom. The largest absolute Gasteiger partial charge is 0.481 e. The molecule has 0 aromatic rings. The van der Waals surface area contributed by atoms with Crippen molar-refractivity contribution in [1.82, 2.24) is 0 Å². The SMILES string of the molecule is O=C(O)C=C(C(=O)O)C(C=CCC(=O)O)C(=O)O. The molecular formula is C10H10O8. The molecule has 0 aromatic heterocycles. The van der Waals surface area contributed by atoms with Crippen molar-refractivity contribution in [2.24, 2.45) is 5.92 Å². The van der Waals surface area contributed by atoms with Gasteiger partial charge < -0.3 is 20.4 Å². The van der Waals surface area contributed by atoms with E-state index in [0.29, 0.717) is 0 Å². The standard InChI is InChI=1S/C10H10O8/c11-7(12)3-1-2-5(9(15)16)6(10(17)18)4-8(13)14/h1-2,4-5H,3H2,(H,11,12)(H,13,14)(H,15,16)(H,17,18). The van der Waals surface area contributed by atoms with E-state index >= 15 is 0 Å². The van der Waals surface area contributed by atoms with E-state index in [1.807, 2.05) is 0 Å². The zero-order chi connectivity index (χ0) is 14.3. The third kappa shape index (κ3) is 5.45. The Morgan fingerprint density at radius 3 is 1.89 bits per heavy atom. The Hall–Kier alpha value is -2.64. The third-order valence-corrected chi connectivity index (χ3v) is 1.75. The van der Waals surface area contributed by atoms with Crippen LogP contribution in [0, 0.1) is 5.92 Å². The highest BCUT2D eigenvalue weighted by atomic mass is 16.4. The zero-order valence-electron chi connectivity index (χ0n) is 8.94. The lowest BCUT2D eigenvalue weighted by Gasteiger charge is -2.07. The molecule has 0 fully saturated rings. The fourth-order valence-corrected chi connectivity index (χ4v) is 1.04. The summed E-state index contributed by atoms with van der Waals surface area (Å²) in [7, 11) is 0. The van der Waals surface area contributed by atoms with Gasteiger partial charge in [0.1, 0.15) is 5.92 Å². The molecule has 0 spiro atoms. The van der Waals surface area contributed by atoms with Crippen molar-refractivity contribution in [3.8, 4) is 0 Å². The van der Waals surface area contributed by atoms with E-state index in [9.17, 15) is 19.2 Å². The highest BCUT2D eigenvalue weighted by molar-refractivity contribution is 6.00. The minimum Gasteiger partial charge on any atom is -0.481 e. The second kappa shape index (κ2) is 6.84. The van der Waals surface area contributed by atoms with E-state index < -0.39 is 41.8 Å². The highest BCUT2D eigenvalue weighted by Crippen LogP contribution is 2.14. The van der Waals surface area contributed by atoms with E-state index in [2.05, 4.69) is 0 Å². The molecule has 0 rings (SSSR count). The van der Waals surface area contributed by atoms with Gasteiger partial charge in [0, 0.05) is 6.08 Å². The van der Waals surface area contributed by atoms with Crippen LogP contribution in [0.5, 0.6) is 0 Å². The summed E-state index contributed by atoms with van der Waals surface area (Å²) in [6.07, 6.45) is 1.52. The molecule has 0 saturated heterocycles. The molecule has 0 aliphatic heterocycles. The van der Waals surface area contributed by atoms with Crippen molar-refractivity contribution in [3.05, 3.63) is 23.8 Å². The number of hydrogen-bond acceptors (Lipinski definition) is 4. The molecule has 1 unspecified atom stereocenters. The van der Waals surface area contributed by atoms with Gasteiger partial charge in [-0.25, -0.2) is 9.59 Å². The van der Waals surface area contributed by atoms with Gasteiger partial charge in [-0.05, 0) is 0 Å². The molecule has 1 atom stereocenters. The van der Waals surface area contributed by atoms with Crippen molar-refractivity contribution in [1.29, 1.82) is 0 Å². The van der Waals surface area contributed by atoms with Crippen LogP contribution < -0.4 is 0 Å². The summed E-state index contributed by atoms with van der Waals surface area (Å²) in [6, 6.07) is 0. The molecule has 0 aliphatic carbocycles. The lowest BCUT2D eigenvalue weighted by molar-refractivity contribution is -0.142. The number of carbonyl (C=O) groups is 4. The summed E-state index contributed by atoms with van der Waals surface area (Å²) < 4.78 is 0. The van der Waals surface area contributed by atoms with Gasteiger partial charge in [0.25, 0.3) is 0 Å². The molecule has 0 saturated carbocycles. The Morgan fingerprint density at radius 2 is 1.56 bits per heavy atom. The summed E-state index contributed by atoms with van der Waals surface area (Å²) in [5.41, 5.74) is -0.864. The molecule has 0 amide bonds. The van der Waals surface area contributed by atoms with Crippen LogP contribution in [0.25, 0.3) is 0 Å². The number of carboxylic acid groups (broad SMARTS) is 4. The summed E-state index contributed by atoms with van der Waals surface area (Å²) in [5, 5.41) is 34.2. The normalized spacial score (nSPS) is 13.2. The van der Waals surface area contributed by atoms with Gasteiger partial charge >= 0.3 is 23.9 Å². The fourth-order valence-electron chi connectivity index (χ4n) is 1.04. The second-order valence-electron chi connectivity index (χ2n) is 3.08. The average molecular weight is 258 g/mol. The summed E-state index contributed by atoms with van der Waals surface area (Å²) in [5.74, 6) is -7.85. The first kappa shape index (κ1) is 15.4. The molecule has 98 valence electrons. The Labute approximate surface area is 100 Å². The van der Waals surface area contributed by atoms with Crippen molar-refractivity contribution in [2.45, 2.75) is 6.42 Å². The zero-order valence-corrected chi connectivity index (χ0v) is 8.94. The van der Waals surface area contributed by atoms with Crippen LogP contribution in [0.3, 0.4) is 0 Å². The van der Waals surface area contributed by atoms with Gasteiger partial charge in [-0.2, -0.15) is 0 Å². The lowest BCUT2D eigenvalue weighted by atomic mass is 9.98. The van der Waals surface area contributed by atoms with Crippen LogP contribution >= 0.6 is 0 Å². The Bertz CT molecular complexity index is 431. The molecular weight excluding hydrogens is 248 g/mol. The summed E-state index contributed by atoms with van der Waals surface area (Å²) in [4.78, 5) is 42.1. The van der Waals surface area contributed by atoms with E-state index in [0.717, 1.165) is 12.2 Å². The number of carboxylic acids is 4. The number of aliphatic carboxylic acids is 4. The second-order valence-corrected chi connectivity index (χ2v) is 3.08. The highest BCUT2D eigenvalue weighted by Gasteiger charge is 2.25. The van der Waals surface area contributed by atoms with Crippen LogP contribution in [-0.2, 0) is 19.2 Å². The summed E-state index contributed by atoms with van der Waals surface area (Å²) >= 11 is 0. The number of hydrogen-bond donors (Lipinski definition) is 4. The van der Waals surface area contributed by atoms with Gasteiger partial charge in [-0.3, -0.25) is 9.59 Å². The van der Waals surface area contributed by atoms with Crippen molar-refractivity contribution < 1.29 is 39.6 Å². The molecule has 8 nitrogen and oxygen atoms in total. The molecule has 0 radical (unpaired) electrons. The van der Waals surface area contributed by atoms with Crippen LogP contribution in [-0.4, -0.2) is 44.3 Å². The monoisotopic (exact) mass is 258 g/mol. The van der Waals surface area contributed by atoms with Gasteiger partial charge in [-0.15, -0.1) is 0 Å². The maximum atomic E-state index is 10.8. The Kier molecular flexibility index (Phi) is 5.84. The maximum Gasteiger partial charge on any atom is 0.333 e. The van der Waals surface area contributed by atoms with Crippen molar-refractivity contribution in [2.75, 3.05) is 0 Å². The van der Waals surface area contributed by atoms with Crippen LogP contribution in [0.1, 0.15) is 6.42 Å². The van der Waals surface area contributed by atoms with Crippen LogP contribution in [0.15, 0.2) is 23.8 Å². The quantitative estimate of drug-likeness (QED) is 0.362. The molecule has 0 heterocycles. The van der Waals surface area contributed by atoms with E-state index in [1.54, 1.807) is 0 Å². The van der Waals surface area contributed by atoms with E-state index in [-0.39, 0.29) is 6.08 Å². The smallest absolute Gasteiger partial charge is 0.333 e. The lowest BCUT2D eigenvalue weighted by Crippen LogP contribution is -2.20. The summed E-state index contributed by atoms with van der Waals surface area (Å²) in [6.45, 7) is 0. The maximum absolute atomic E-state index is 10.8. The van der Waals surface area contributed by atoms with Crippen LogP contribution in [0.4, 0.5) is 0 Å². The fraction of sp³-hybridized carbons (Fsp3) is 0.200. The first-order chi connectivity index (χ1) is 8.25. The first-order valence-corrected chi connectivity index (χ1v) is 4.54. The molecule has 4 N–H and O–H groups in total. The minimum atomic E-state index is -1.72. The van der Waals surface area contributed by atoms with Crippen LogP contribution in [0.2, 0.25) is 0 Å². The molecule has 18 heavy (non-hydrogen) atoms. The number of rotatable bonds is 7. The predicted octanol–water partition coefficient (Wildman–Crippen LogP) is -0.186. The molecule has 0 aliphatic rings. The van der Waals surface area contributed by atoms with Gasteiger partial charge in [0.2, 0.25) is 0 Å².